The zero-order valence-corrected chi connectivity index (χ0v) is 22.0. The monoisotopic (exact) mass is 485 g/mol. The summed E-state index contributed by atoms with van der Waals surface area (Å²) in [6.07, 6.45) is 4.50. The summed E-state index contributed by atoms with van der Waals surface area (Å²) in [5, 5.41) is 2.65. The summed E-state index contributed by atoms with van der Waals surface area (Å²) in [4.78, 5) is 38.1. The maximum absolute atomic E-state index is 13.4. The zero-order valence-electron chi connectivity index (χ0n) is 21.2. The molecule has 1 aliphatic carbocycles. The number of rotatable bonds is 8. The Balaban J connectivity index is 1.87. The first-order valence-corrected chi connectivity index (χ1v) is 13.0. The van der Waals surface area contributed by atoms with Crippen molar-refractivity contribution in [2.75, 3.05) is 19.1 Å². The van der Waals surface area contributed by atoms with Crippen molar-refractivity contribution in [2.45, 2.75) is 70.8 Å². The molecule has 2 aromatic rings. The highest BCUT2D eigenvalue weighted by Crippen LogP contribution is 2.46. The first kappa shape index (κ1) is 26.1. The van der Waals surface area contributed by atoms with E-state index in [1.165, 1.54) is 30.4 Å². The summed E-state index contributed by atoms with van der Waals surface area (Å²) in [5.41, 5.74) is 3.98. The van der Waals surface area contributed by atoms with E-state index in [4.69, 9.17) is 9.15 Å². The van der Waals surface area contributed by atoms with Gasteiger partial charge in [0.05, 0.1) is 7.11 Å². The zero-order chi connectivity index (χ0) is 25.3. The third kappa shape index (κ3) is 5.24. The molecule has 1 unspecified atom stereocenters. The van der Waals surface area contributed by atoms with Gasteiger partial charge in [0, 0.05) is 5.56 Å². The van der Waals surface area contributed by atoms with Gasteiger partial charge in [-0.3, -0.25) is 9.59 Å². The number of ether oxygens (including phenoxy) is 1. The van der Waals surface area contributed by atoms with Crippen LogP contribution in [0.4, 0.5) is 0 Å². The van der Waals surface area contributed by atoms with Crippen LogP contribution in [-0.2, 0) is 20.4 Å². The van der Waals surface area contributed by atoms with Crippen molar-refractivity contribution in [3.05, 3.63) is 58.0 Å². The molecule has 1 atom stereocenters. The predicted octanol–water partition coefficient (Wildman–Crippen LogP) is 5.19. The Kier molecular flexibility index (Phi) is 7.65. The lowest BCUT2D eigenvalue weighted by molar-refractivity contribution is -0.142. The predicted molar refractivity (Wildman–Crippen MR) is 135 cm³/mol. The number of nitrogens with one attached hydrogen (secondary N) is 1. The molecule has 6 nitrogen and oxygen atoms in total. The van der Waals surface area contributed by atoms with Gasteiger partial charge in [0.15, 0.2) is 11.5 Å². The Morgan fingerprint density at radius 2 is 1.65 bits per heavy atom. The number of carbonyl (C=O) groups is 3. The Morgan fingerprint density at radius 3 is 2.24 bits per heavy atom. The normalized spacial score (nSPS) is 16.9. The Labute approximate surface area is 206 Å². The number of fused-ring (bicyclic) bond motifs is 1. The standard InChI is InChI=1S/C27H35NO5S/c1-16-14-18-19(27(4,5)12-11-26(18,2)3)15-17(16)23(29)21-8-9-22(33-21)24(30)28-20(10-13-34-7)25(31)32-6/h8-9,14-15,20H,10-13H2,1-7H3,(H,28,30). The molecule has 0 fully saturated rings. The molecule has 7 heteroatoms. The van der Waals surface area contributed by atoms with Crippen LogP contribution >= 0.6 is 11.8 Å². The number of aryl methyl sites for hydroxylation is 1. The van der Waals surface area contributed by atoms with Crippen molar-refractivity contribution in [3.8, 4) is 0 Å². The maximum atomic E-state index is 13.4. The number of benzene rings is 1. The summed E-state index contributed by atoms with van der Waals surface area (Å²) in [7, 11) is 1.29. The molecule has 0 spiro atoms. The molecule has 0 radical (unpaired) electrons. The lowest BCUT2D eigenvalue weighted by Gasteiger charge is -2.42. The lowest BCUT2D eigenvalue weighted by Crippen LogP contribution is -2.41. The van der Waals surface area contributed by atoms with Crippen LogP contribution in [0.2, 0.25) is 0 Å². The number of hydrogen-bond acceptors (Lipinski definition) is 6. The Bertz CT molecular complexity index is 1100. The molecule has 0 aliphatic heterocycles. The quantitative estimate of drug-likeness (QED) is 0.409. The minimum Gasteiger partial charge on any atom is -0.467 e. The van der Waals surface area contributed by atoms with Crippen LogP contribution in [0.25, 0.3) is 0 Å². The first-order chi connectivity index (χ1) is 15.9. The largest absolute Gasteiger partial charge is 0.467 e. The highest BCUT2D eigenvalue weighted by Gasteiger charge is 2.38. The summed E-state index contributed by atoms with van der Waals surface area (Å²) in [5.74, 6) is -0.558. The van der Waals surface area contributed by atoms with E-state index in [0.717, 1.165) is 18.4 Å². The summed E-state index contributed by atoms with van der Waals surface area (Å²) >= 11 is 1.57. The fourth-order valence-electron chi connectivity index (χ4n) is 4.54. The number of esters is 1. The third-order valence-corrected chi connectivity index (χ3v) is 7.54. The number of methoxy groups -OCH3 is 1. The van der Waals surface area contributed by atoms with E-state index in [1.54, 1.807) is 11.8 Å². The minimum atomic E-state index is -0.775. The number of amides is 1. The van der Waals surface area contributed by atoms with Gasteiger partial charge < -0.3 is 14.5 Å². The topological polar surface area (TPSA) is 85.6 Å². The molecule has 1 aromatic heterocycles. The number of ketones is 1. The van der Waals surface area contributed by atoms with E-state index < -0.39 is 17.9 Å². The second-order valence-corrected chi connectivity index (χ2v) is 11.3. The van der Waals surface area contributed by atoms with Crippen molar-refractivity contribution < 1.29 is 23.5 Å². The smallest absolute Gasteiger partial charge is 0.328 e. The SMILES string of the molecule is COC(=O)C(CCSC)NC(=O)c1ccc(C(=O)c2cc3c(cc2C)C(C)(C)CCC3(C)C)o1. The van der Waals surface area contributed by atoms with Crippen molar-refractivity contribution in [1.82, 2.24) is 5.32 Å². The van der Waals surface area contributed by atoms with Gasteiger partial charge in [-0.2, -0.15) is 11.8 Å². The number of furan rings is 1. The molecular formula is C27H35NO5S. The van der Waals surface area contributed by atoms with Crippen LogP contribution in [0.1, 0.15) is 90.3 Å². The van der Waals surface area contributed by atoms with Gasteiger partial charge in [0.1, 0.15) is 6.04 Å². The molecule has 1 heterocycles. The van der Waals surface area contributed by atoms with Crippen LogP contribution in [0.5, 0.6) is 0 Å². The van der Waals surface area contributed by atoms with Gasteiger partial charge in [0.2, 0.25) is 5.78 Å². The van der Waals surface area contributed by atoms with Crippen molar-refractivity contribution in [3.63, 3.8) is 0 Å². The molecule has 0 saturated heterocycles. The molecule has 0 bridgehead atoms. The summed E-state index contributed by atoms with van der Waals surface area (Å²) in [6.45, 7) is 10.9. The molecule has 0 saturated carbocycles. The van der Waals surface area contributed by atoms with Gasteiger partial charge in [-0.25, -0.2) is 4.79 Å². The first-order valence-electron chi connectivity index (χ1n) is 11.6. The maximum Gasteiger partial charge on any atom is 0.328 e. The average molecular weight is 486 g/mol. The summed E-state index contributed by atoms with van der Waals surface area (Å²) < 4.78 is 10.4. The molecular weight excluding hydrogens is 450 g/mol. The van der Waals surface area contributed by atoms with E-state index >= 15 is 0 Å². The fourth-order valence-corrected chi connectivity index (χ4v) is 5.01. The van der Waals surface area contributed by atoms with E-state index in [1.807, 2.05) is 19.2 Å². The van der Waals surface area contributed by atoms with Crippen LogP contribution in [0.15, 0.2) is 28.7 Å². The van der Waals surface area contributed by atoms with Crippen LogP contribution in [0.3, 0.4) is 0 Å². The van der Waals surface area contributed by atoms with E-state index in [2.05, 4.69) is 39.1 Å². The van der Waals surface area contributed by atoms with Gasteiger partial charge >= 0.3 is 5.97 Å². The fraction of sp³-hybridized carbons (Fsp3) is 0.519. The van der Waals surface area contributed by atoms with E-state index in [-0.39, 0.29) is 28.1 Å². The van der Waals surface area contributed by atoms with Crippen LogP contribution < -0.4 is 5.32 Å². The van der Waals surface area contributed by atoms with Crippen molar-refractivity contribution in [2.24, 2.45) is 0 Å². The molecule has 1 aromatic carbocycles. The van der Waals surface area contributed by atoms with Gasteiger partial charge in [-0.1, -0.05) is 33.8 Å². The Hall–Kier alpha value is -2.54. The molecule has 3 rings (SSSR count). The molecule has 1 aliphatic rings. The van der Waals surface area contributed by atoms with Crippen molar-refractivity contribution in [1.29, 1.82) is 0 Å². The van der Waals surface area contributed by atoms with E-state index in [0.29, 0.717) is 17.7 Å². The average Bonchev–Trinajstić information content (AvgIpc) is 3.29. The Morgan fingerprint density at radius 1 is 1.06 bits per heavy atom. The van der Waals surface area contributed by atoms with E-state index in [9.17, 15) is 14.4 Å². The van der Waals surface area contributed by atoms with Crippen LogP contribution in [-0.4, -0.2) is 42.8 Å². The number of hydrogen-bond donors (Lipinski definition) is 1. The molecule has 34 heavy (non-hydrogen) atoms. The second-order valence-electron chi connectivity index (χ2n) is 10.3. The minimum absolute atomic E-state index is 0.0153. The van der Waals surface area contributed by atoms with Crippen molar-refractivity contribution >= 4 is 29.4 Å². The number of carbonyl (C=O) groups excluding carboxylic acids is 3. The van der Waals surface area contributed by atoms with Gasteiger partial charge in [-0.05, 0) is 83.9 Å². The highest BCUT2D eigenvalue weighted by molar-refractivity contribution is 7.98. The summed E-state index contributed by atoms with van der Waals surface area (Å²) in [6, 6.07) is 6.34. The third-order valence-electron chi connectivity index (χ3n) is 6.90. The number of thioether (sulfide) groups is 1. The molecule has 1 N–H and O–H groups in total. The molecule has 184 valence electrons. The second kappa shape index (κ2) is 9.98. The highest BCUT2D eigenvalue weighted by atomic mass is 32.2. The van der Waals surface area contributed by atoms with Crippen LogP contribution in [0, 0.1) is 6.92 Å². The van der Waals surface area contributed by atoms with Gasteiger partial charge in [0.25, 0.3) is 5.91 Å². The lowest BCUT2D eigenvalue weighted by atomic mass is 9.62. The van der Waals surface area contributed by atoms with Gasteiger partial charge in [-0.15, -0.1) is 0 Å². The molecule has 1 amide bonds.